The molecule has 2 heterocycles. The number of aliphatic hydroxyl groups is 1. The smallest absolute Gasteiger partial charge is 0.274 e. The van der Waals surface area contributed by atoms with Crippen molar-refractivity contribution in [3.63, 3.8) is 0 Å². The summed E-state index contributed by atoms with van der Waals surface area (Å²) >= 11 is 0. The van der Waals surface area contributed by atoms with Gasteiger partial charge in [0.1, 0.15) is 17.8 Å². The Bertz CT molecular complexity index is 1160. The van der Waals surface area contributed by atoms with Crippen molar-refractivity contribution >= 4 is 23.6 Å². The SMILES string of the molecule is CC(C)C1NC(=O)C(C)C(O)C(Cc2ccccc2)NC(=O)C(NC(=O)c2ncccc2O)C(C)NC1=O. The lowest BCUT2D eigenvalue weighted by Crippen LogP contribution is -2.64. The Labute approximate surface area is 221 Å². The van der Waals surface area contributed by atoms with Gasteiger partial charge in [-0.2, -0.15) is 0 Å². The topological polar surface area (TPSA) is 170 Å². The largest absolute Gasteiger partial charge is 0.505 e. The molecule has 0 radical (unpaired) electrons. The lowest BCUT2D eigenvalue weighted by Gasteiger charge is -2.34. The van der Waals surface area contributed by atoms with Gasteiger partial charge in [0, 0.05) is 6.20 Å². The second-order valence-electron chi connectivity index (χ2n) is 9.93. The Morgan fingerprint density at radius 1 is 0.974 bits per heavy atom. The lowest BCUT2D eigenvalue weighted by atomic mass is 9.90. The zero-order chi connectivity index (χ0) is 28.0. The van der Waals surface area contributed by atoms with E-state index in [1.54, 1.807) is 13.8 Å². The van der Waals surface area contributed by atoms with Crippen molar-refractivity contribution in [1.82, 2.24) is 26.3 Å². The fraction of sp³-hybridized carbons (Fsp3) is 0.444. The fourth-order valence-corrected chi connectivity index (χ4v) is 4.32. The molecule has 0 bridgehead atoms. The van der Waals surface area contributed by atoms with Gasteiger partial charge >= 0.3 is 0 Å². The van der Waals surface area contributed by atoms with Crippen molar-refractivity contribution in [2.24, 2.45) is 11.8 Å². The van der Waals surface area contributed by atoms with Crippen LogP contribution in [0.1, 0.15) is 43.7 Å². The molecule has 1 aliphatic heterocycles. The van der Waals surface area contributed by atoms with E-state index in [2.05, 4.69) is 26.3 Å². The van der Waals surface area contributed by atoms with E-state index in [4.69, 9.17) is 0 Å². The van der Waals surface area contributed by atoms with Crippen molar-refractivity contribution < 1.29 is 29.4 Å². The summed E-state index contributed by atoms with van der Waals surface area (Å²) in [5, 5.41) is 32.0. The summed E-state index contributed by atoms with van der Waals surface area (Å²) in [6, 6.07) is 7.83. The highest BCUT2D eigenvalue weighted by atomic mass is 16.3. The molecular formula is C27H35N5O6. The first-order valence-electron chi connectivity index (χ1n) is 12.6. The van der Waals surface area contributed by atoms with Crippen LogP contribution in [-0.4, -0.2) is 69.1 Å². The molecule has 1 fully saturated rings. The quantitative estimate of drug-likeness (QED) is 0.325. The number of aromatic nitrogens is 1. The monoisotopic (exact) mass is 525 g/mol. The molecule has 6 atom stereocenters. The van der Waals surface area contributed by atoms with Crippen LogP contribution in [0.4, 0.5) is 0 Å². The number of rotatable bonds is 5. The summed E-state index contributed by atoms with van der Waals surface area (Å²) < 4.78 is 0. The van der Waals surface area contributed by atoms with Crippen molar-refractivity contribution in [1.29, 1.82) is 0 Å². The zero-order valence-corrected chi connectivity index (χ0v) is 21.8. The molecule has 0 saturated carbocycles. The normalized spacial score (nSPS) is 26.8. The van der Waals surface area contributed by atoms with Crippen molar-refractivity contribution in [2.45, 2.75) is 64.4 Å². The number of nitrogens with zero attached hydrogens (tertiary/aromatic N) is 1. The Morgan fingerprint density at radius 2 is 1.66 bits per heavy atom. The number of carbonyl (C=O) groups is 4. The van der Waals surface area contributed by atoms with Gasteiger partial charge in [-0.3, -0.25) is 19.2 Å². The van der Waals surface area contributed by atoms with Gasteiger partial charge in [0.15, 0.2) is 5.69 Å². The second-order valence-corrected chi connectivity index (χ2v) is 9.93. The number of amides is 4. The van der Waals surface area contributed by atoms with E-state index < -0.39 is 59.8 Å². The molecule has 0 aliphatic carbocycles. The van der Waals surface area contributed by atoms with Gasteiger partial charge in [-0.05, 0) is 37.0 Å². The molecule has 38 heavy (non-hydrogen) atoms. The molecule has 1 saturated heterocycles. The molecule has 3 rings (SSSR count). The summed E-state index contributed by atoms with van der Waals surface area (Å²) in [6.07, 6.45) is 0.229. The van der Waals surface area contributed by atoms with E-state index >= 15 is 0 Å². The minimum atomic E-state index is -1.30. The van der Waals surface area contributed by atoms with Crippen molar-refractivity contribution in [3.05, 3.63) is 59.9 Å². The predicted molar refractivity (Wildman–Crippen MR) is 139 cm³/mol. The molecule has 6 unspecified atom stereocenters. The van der Waals surface area contributed by atoms with Crippen LogP contribution in [0, 0.1) is 11.8 Å². The first kappa shape index (κ1) is 28.6. The third-order valence-electron chi connectivity index (χ3n) is 6.65. The molecule has 204 valence electrons. The first-order chi connectivity index (χ1) is 18.0. The first-order valence-corrected chi connectivity index (χ1v) is 12.6. The van der Waals surface area contributed by atoms with Gasteiger partial charge in [-0.15, -0.1) is 0 Å². The van der Waals surface area contributed by atoms with Crippen LogP contribution in [0.25, 0.3) is 0 Å². The molecule has 1 aromatic carbocycles. The van der Waals surface area contributed by atoms with Gasteiger partial charge in [0.25, 0.3) is 5.91 Å². The average molecular weight is 526 g/mol. The number of benzene rings is 1. The Hall–Kier alpha value is -3.99. The molecule has 11 nitrogen and oxygen atoms in total. The highest BCUT2D eigenvalue weighted by Gasteiger charge is 2.38. The Balaban J connectivity index is 1.99. The molecule has 6 N–H and O–H groups in total. The number of carbonyl (C=O) groups excluding carboxylic acids is 4. The number of aromatic hydroxyl groups is 1. The third kappa shape index (κ3) is 6.86. The molecule has 1 aliphatic rings. The van der Waals surface area contributed by atoms with Gasteiger partial charge in [-0.25, -0.2) is 4.98 Å². The highest BCUT2D eigenvalue weighted by Crippen LogP contribution is 2.17. The van der Waals surface area contributed by atoms with E-state index in [1.807, 2.05) is 30.3 Å². The van der Waals surface area contributed by atoms with Crippen molar-refractivity contribution in [3.8, 4) is 5.75 Å². The van der Waals surface area contributed by atoms with Crippen LogP contribution in [0.15, 0.2) is 48.7 Å². The minimum Gasteiger partial charge on any atom is -0.505 e. The number of pyridine rings is 1. The molecule has 2 aromatic rings. The van der Waals surface area contributed by atoms with Crippen LogP contribution >= 0.6 is 0 Å². The summed E-state index contributed by atoms with van der Waals surface area (Å²) in [4.78, 5) is 56.5. The van der Waals surface area contributed by atoms with E-state index in [9.17, 15) is 29.4 Å². The number of hydrogen-bond donors (Lipinski definition) is 6. The summed E-state index contributed by atoms with van der Waals surface area (Å²) in [7, 11) is 0. The van der Waals surface area contributed by atoms with Gasteiger partial charge < -0.3 is 31.5 Å². The van der Waals surface area contributed by atoms with Crippen LogP contribution in [0.3, 0.4) is 0 Å². The van der Waals surface area contributed by atoms with Crippen LogP contribution in [0.2, 0.25) is 0 Å². The maximum Gasteiger partial charge on any atom is 0.274 e. The molecule has 0 spiro atoms. The summed E-state index contributed by atoms with van der Waals surface area (Å²) in [5.41, 5.74) is 0.531. The molecule has 11 heteroatoms. The van der Waals surface area contributed by atoms with Crippen LogP contribution in [0.5, 0.6) is 5.75 Å². The van der Waals surface area contributed by atoms with Gasteiger partial charge in [-0.1, -0.05) is 51.1 Å². The Kier molecular flexibility index (Phi) is 9.40. The molecular weight excluding hydrogens is 490 g/mol. The van der Waals surface area contributed by atoms with E-state index in [0.717, 1.165) is 5.56 Å². The maximum absolute atomic E-state index is 13.6. The second kappa shape index (κ2) is 12.5. The summed E-state index contributed by atoms with van der Waals surface area (Å²) in [6.45, 7) is 6.58. The average Bonchev–Trinajstić information content (AvgIpc) is 2.88. The van der Waals surface area contributed by atoms with E-state index in [0.29, 0.717) is 0 Å². The minimum absolute atomic E-state index is 0.210. The Morgan fingerprint density at radius 3 is 2.29 bits per heavy atom. The van der Waals surface area contributed by atoms with Gasteiger partial charge in [0.05, 0.1) is 24.1 Å². The zero-order valence-electron chi connectivity index (χ0n) is 21.8. The highest BCUT2D eigenvalue weighted by molar-refractivity contribution is 5.98. The maximum atomic E-state index is 13.6. The molecule has 4 amide bonds. The number of aliphatic hydroxyl groups excluding tert-OH is 1. The van der Waals surface area contributed by atoms with Crippen molar-refractivity contribution in [2.75, 3.05) is 0 Å². The lowest BCUT2D eigenvalue weighted by molar-refractivity contribution is -0.136. The van der Waals surface area contributed by atoms with E-state index in [-0.39, 0.29) is 23.8 Å². The predicted octanol–water partition coefficient (Wildman–Crippen LogP) is 0.269. The van der Waals surface area contributed by atoms with Gasteiger partial charge in [0.2, 0.25) is 17.7 Å². The summed E-state index contributed by atoms with van der Waals surface area (Å²) in [5.74, 6) is -4.21. The van der Waals surface area contributed by atoms with E-state index in [1.165, 1.54) is 32.2 Å². The fourth-order valence-electron chi connectivity index (χ4n) is 4.32. The standard InChI is InChI=1S/C27H35N5O6/c1-14(2)20-25(36)29-16(4)21(32-27(38)22-19(33)11-8-12-28-22)26(37)30-18(13-17-9-6-5-7-10-17)23(34)15(3)24(35)31-20/h5-12,14-16,18,20-21,23,33-34H,13H2,1-4H3,(H,29,36)(H,30,37)(H,31,35)(H,32,38). The van der Waals surface area contributed by atoms with Crippen LogP contribution in [-0.2, 0) is 20.8 Å². The molecule has 1 aromatic heterocycles. The number of hydrogen-bond acceptors (Lipinski definition) is 7. The van der Waals surface area contributed by atoms with Crippen LogP contribution < -0.4 is 21.3 Å². The third-order valence-corrected chi connectivity index (χ3v) is 6.65. The number of nitrogens with one attached hydrogen (secondary N) is 4.